The van der Waals surface area contributed by atoms with Gasteiger partial charge in [0.1, 0.15) is 12.3 Å². The summed E-state index contributed by atoms with van der Waals surface area (Å²) in [6, 6.07) is 10.7. The smallest absolute Gasteiger partial charge is 0.271 e. The summed E-state index contributed by atoms with van der Waals surface area (Å²) in [4.78, 5) is 24.5. The lowest BCUT2D eigenvalue weighted by atomic mass is 9.86. The number of fused-ring (bicyclic) bond motifs is 1. The number of carbonyl (C=O) groups excluding carboxylic acids is 1. The second-order valence-electron chi connectivity index (χ2n) is 10.6. The van der Waals surface area contributed by atoms with Crippen LogP contribution < -0.4 is 10.2 Å². The molecule has 1 aromatic carbocycles. The number of aromatic nitrogens is 1. The minimum absolute atomic E-state index is 0.0384. The van der Waals surface area contributed by atoms with Gasteiger partial charge in [-0.2, -0.15) is 4.73 Å². The Kier molecular flexibility index (Phi) is 7.42. The Morgan fingerprint density at radius 1 is 1.09 bits per heavy atom. The summed E-state index contributed by atoms with van der Waals surface area (Å²) in [5.74, 6) is 0.572. The molecule has 2 saturated heterocycles. The molecule has 7 heteroatoms. The highest BCUT2D eigenvalue weighted by molar-refractivity contribution is 5.98. The first kappa shape index (κ1) is 23.6. The van der Waals surface area contributed by atoms with Crippen molar-refractivity contribution in [2.75, 3.05) is 39.3 Å². The molecule has 0 radical (unpaired) electrons. The van der Waals surface area contributed by atoms with Gasteiger partial charge < -0.3 is 20.2 Å². The third kappa shape index (κ3) is 5.42. The van der Waals surface area contributed by atoms with E-state index in [-0.39, 0.29) is 18.1 Å². The van der Waals surface area contributed by atoms with Crippen LogP contribution in [0.3, 0.4) is 0 Å². The monoisotopic (exact) mass is 468 g/mol. The van der Waals surface area contributed by atoms with Crippen molar-refractivity contribution in [3.63, 3.8) is 0 Å². The van der Waals surface area contributed by atoms with E-state index in [2.05, 4.69) is 22.0 Å². The van der Waals surface area contributed by atoms with Crippen LogP contribution in [0, 0.1) is 5.92 Å². The van der Waals surface area contributed by atoms with E-state index in [4.69, 9.17) is 4.84 Å². The van der Waals surface area contributed by atoms with Gasteiger partial charge in [-0.05, 0) is 63.5 Å². The number of hydrogen-bond donors (Lipinski definition) is 2. The quantitative estimate of drug-likeness (QED) is 0.624. The number of benzene rings is 1. The summed E-state index contributed by atoms with van der Waals surface area (Å²) in [6.45, 7) is 8.02. The van der Waals surface area contributed by atoms with Gasteiger partial charge >= 0.3 is 0 Å². The van der Waals surface area contributed by atoms with Crippen LogP contribution in [0.4, 0.5) is 0 Å². The highest BCUT2D eigenvalue weighted by Crippen LogP contribution is 2.27. The molecule has 2 aliphatic heterocycles. The zero-order chi connectivity index (χ0) is 23.5. The molecule has 5 rings (SSSR count). The second-order valence-corrected chi connectivity index (χ2v) is 10.6. The number of para-hydroxylation sites is 1. The summed E-state index contributed by atoms with van der Waals surface area (Å²) in [6.07, 6.45) is 7.33. The molecule has 1 amide bonds. The van der Waals surface area contributed by atoms with E-state index in [0.29, 0.717) is 24.3 Å². The van der Waals surface area contributed by atoms with E-state index in [9.17, 15) is 9.90 Å². The van der Waals surface area contributed by atoms with Crippen molar-refractivity contribution in [2.24, 2.45) is 5.92 Å². The van der Waals surface area contributed by atoms with Crippen LogP contribution in [0.1, 0.15) is 62.4 Å². The summed E-state index contributed by atoms with van der Waals surface area (Å²) in [5, 5.41) is 14.1. The summed E-state index contributed by atoms with van der Waals surface area (Å²) < 4.78 is 1.76. The van der Waals surface area contributed by atoms with Gasteiger partial charge in [0.15, 0.2) is 0 Å². The lowest BCUT2D eigenvalue weighted by Crippen LogP contribution is -2.50. The van der Waals surface area contributed by atoms with Crippen molar-refractivity contribution < 1.29 is 14.7 Å². The van der Waals surface area contributed by atoms with Gasteiger partial charge in [-0.25, -0.2) is 0 Å². The lowest BCUT2D eigenvalue weighted by molar-refractivity contribution is 0.0484. The Morgan fingerprint density at radius 2 is 1.82 bits per heavy atom. The molecule has 1 atom stereocenters. The van der Waals surface area contributed by atoms with Crippen LogP contribution in [0.2, 0.25) is 0 Å². The zero-order valence-electron chi connectivity index (χ0n) is 20.5. The fourth-order valence-electron chi connectivity index (χ4n) is 5.60. The van der Waals surface area contributed by atoms with Gasteiger partial charge in [0.2, 0.25) is 0 Å². The maximum Gasteiger partial charge on any atom is 0.271 e. The molecule has 34 heavy (non-hydrogen) atoms. The molecule has 3 aliphatic rings. The molecular formula is C27H40N4O3. The van der Waals surface area contributed by atoms with Crippen LogP contribution in [0.25, 0.3) is 10.9 Å². The van der Waals surface area contributed by atoms with Crippen LogP contribution in [0.5, 0.6) is 0 Å². The maximum atomic E-state index is 13.3. The molecule has 0 spiro atoms. The van der Waals surface area contributed by atoms with E-state index in [1.54, 1.807) is 4.73 Å². The van der Waals surface area contributed by atoms with Crippen molar-refractivity contribution in [3.05, 3.63) is 36.0 Å². The number of nitrogens with one attached hydrogen (secondary N) is 1. The highest BCUT2D eigenvalue weighted by atomic mass is 16.7. The average molecular weight is 469 g/mol. The van der Waals surface area contributed by atoms with Crippen molar-refractivity contribution in [2.45, 2.75) is 70.1 Å². The third-order valence-electron chi connectivity index (χ3n) is 8.13. The fourth-order valence-corrected chi connectivity index (χ4v) is 5.60. The predicted octanol–water partition coefficient (Wildman–Crippen LogP) is 2.91. The van der Waals surface area contributed by atoms with Gasteiger partial charge in [0.05, 0.1) is 11.6 Å². The van der Waals surface area contributed by atoms with Gasteiger partial charge in [0.25, 0.3) is 5.91 Å². The number of carbonyl (C=O) groups is 1. The molecule has 7 nitrogen and oxygen atoms in total. The average Bonchev–Trinajstić information content (AvgIpc) is 3.19. The SMILES string of the molecule is C[C@@H](CN1CCC(NC(=O)c2cc3ccccc3n2OCC2CCC2)CC1)N1CCC(O)CC1. The molecule has 1 saturated carbocycles. The number of amides is 1. The Morgan fingerprint density at radius 3 is 2.53 bits per heavy atom. The summed E-state index contributed by atoms with van der Waals surface area (Å²) in [5.41, 5.74) is 1.56. The van der Waals surface area contributed by atoms with E-state index >= 15 is 0 Å². The molecule has 2 N–H and O–H groups in total. The highest BCUT2D eigenvalue weighted by Gasteiger charge is 2.27. The Bertz CT molecular complexity index is 956. The third-order valence-corrected chi connectivity index (χ3v) is 8.13. The Balaban J connectivity index is 1.15. The van der Waals surface area contributed by atoms with Crippen molar-refractivity contribution in [1.82, 2.24) is 19.8 Å². The molecule has 2 aromatic rings. The minimum Gasteiger partial charge on any atom is -0.413 e. The van der Waals surface area contributed by atoms with Crippen LogP contribution >= 0.6 is 0 Å². The Labute approximate surface area is 203 Å². The largest absolute Gasteiger partial charge is 0.413 e. The van der Waals surface area contributed by atoms with Crippen molar-refractivity contribution >= 4 is 16.8 Å². The van der Waals surface area contributed by atoms with Crippen LogP contribution in [-0.2, 0) is 0 Å². The minimum atomic E-state index is -0.120. The fraction of sp³-hybridized carbons (Fsp3) is 0.667. The number of rotatable bonds is 8. The first-order valence-electron chi connectivity index (χ1n) is 13.3. The predicted molar refractivity (Wildman–Crippen MR) is 134 cm³/mol. The number of likely N-dealkylation sites (tertiary alicyclic amines) is 2. The molecule has 3 heterocycles. The first-order chi connectivity index (χ1) is 16.6. The van der Waals surface area contributed by atoms with E-state index in [0.717, 1.165) is 69.3 Å². The first-order valence-corrected chi connectivity index (χ1v) is 13.3. The van der Waals surface area contributed by atoms with Gasteiger partial charge in [0, 0.05) is 50.2 Å². The normalized spacial score (nSPS) is 22.5. The topological polar surface area (TPSA) is 70.0 Å². The van der Waals surface area contributed by atoms with Crippen LogP contribution in [-0.4, -0.2) is 83.1 Å². The van der Waals surface area contributed by atoms with E-state index in [1.807, 2.05) is 30.3 Å². The standard InChI is InChI=1S/C27H40N4O3/c1-20(30-15-11-24(32)12-16-30)18-29-13-9-23(10-14-29)28-27(33)26-17-22-7-2-3-8-25(22)31(26)34-19-21-5-4-6-21/h2-3,7-8,17,20-21,23-24,32H,4-6,9-16,18-19H2,1H3,(H,28,33)/t20-/m0/s1. The van der Waals surface area contributed by atoms with E-state index in [1.165, 1.54) is 19.3 Å². The summed E-state index contributed by atoms with van der Waals surface area (Å²) in [7, 11) is 0. The molecule has 3 fully saturated rings. The molecule has 0 unspecified atom stereocenters. The molecule has 1 aromatic heterocycles. The molecule has 1 aliphatic carbocycles. The second kappa shape index (κ2) is 10.7. The number of nitrogens with zero attached hydrogens (tertiary/aromatic N) is 3. The van der Waals surface area contributed by atoms with Gasteiger partial charge in [-0.3, -0.25) is 9.69 Å². The van der Waals surface area contributed by atoms with Crippen molar-refractivity contribution in [1.29, 1.82) is 0 Å². The van der Waals surface area contributed by atoms with Crippen molar-refractivity contribution in [3.8, 4) is 0 Å². The maximum absolute atomic E-state index is 13.3. The van der Waals surface area contributed by atoms with Crippen LogP contribution in [0.15, 0.2) is 30.3 Å². The number of aliphatic hydroxyl groups excluding tert-OH is 1. The zero-order valence-corrected chi connectivity index (χ0v) is 20.5. The molecule has 0 bridgehead atoms. The lowest BCUT2D eigenvalue weighted by Gasteiger charge is -2.39. The van der Waals surface area contributed by atoms with E-state index < -0.39 is 0 Å². The van der Waals surface area contributed by atoms with Gasteiger partial charge in [-0.1, -0.05) is 24.6 Å². The molecular weight excluding hydrogens is 428 g/mol. The number of hydrogen-bond acceptors (Lipinski definition) is 5. The summed E-state index contributed by atoms with van der Waals surface area (Å²) >= 11 is 0. The number of aliphatic hydroxyl groups is 1. The Hall–Kier alpha value is -2.09. The molecule has 186 valence electrons. The number of piperidine rings is 2. The van der Waals surface area contributed by atoms with Gasteiger partial charge in [-0.15, -0.1) is 0 Å².